The second-order valence-corrected chi connectivity index (χ2v) is 30.2. The molecule has 0 unspecified atom stereocenters. The molecule has 0 bridgehead atoms. The van der Waals surface area contributed by atoms with Gasteiger partial charge in [0.25, 0.3) is 0 Å². The lowest BCUT2D eigenvalue weighted by molar-refractivity contribution is -0.143. The van der Waals surface area contributed by atoms with Crippen LogP contribution < -0.4 is 40.9 Å². The molecule has 646 valence electrons. The highest BCUT2D eigenvalue weighted by molar-refractivity contribution is 6.32. The molecule has 14 heterocycles. The molecule has 2 aliphatic carbocycles. The molecule has 4 amide bonds. The Morgan fingerprint density at radius 3 is 1.00 bits per heavy atom. The van der Waals surface area contributed by atoms with Crippen molar-refractivity contribution in [1.82, 2.24) is 101 Å². The molecule has 0 aromatic carbocycles. The van der Waals surface area contributed by atoms with Gasteiger partial charge in [-0.2, -0.15) is 73.7 Å². The second kappa shape index (κ2) is 36.9. The predicted octanol–water partition coefficient (Wildman–Crippen LogP) is 13.2. The van der Waals surface area contributed by atoms with Crippen molar-refractivity contribution in [2.75, 3.05) is 58.9 Å². The van der Waals surface area contributed by atoms with Gasteiger partial charge >= 0.3 is 24.7 Å². The van der Waals surface area contributed by atoms with E-state index in [1.54, 1.807) is 49.1 Å². The summed E-state index contributed by atoms with van der Waals surface area (Å²) in [5.41, 5.74) is 2.21. The maximum Gasteiger partial charge on any atom is 0.405 e. The van der Waals surface area contributed by atoms with E-state index in [-0.39, 0.29) is 49.2 Å². The number of alkyl halides is 12. The number of carbonyl (C=O) groups excluding carboxylic acids is 4. The number of aromatic nitrogens is 16. The van der Waals surface area contributed by atoms with Gasteiger partial charge in [-0.1, -0.05) is 46.4 Å². The number of aromatic amines is 4. The Labute approximate surface area is 717 Å². The van der Waals surface area contributed by atoms with Crippen LogP contribution in [0.2, 0.25) is 20.1 Å². The van der Waals surface area contributed by atoms with Crippen LogP contribution in [0.4, 0.5) is 76.0 Å². The van der Waals surface area contributed by atoms with E-state index in [2.05, 4.69) is 91.9 Å². The van der Waals surface area contributed by atoms with Gasteiger partial charge in [0.15, 0.2) is 23.3 Å². The molecule has 32 nitrogen and oxygen atoms in total. The Bertz CT molecular complexity index is 5860. The summed E-state index contributed by atoms with van der Waals surface area (Å²) in [6, 6.07) is 17.7. The van der Waals surface area contributed by atoms with Crippen molar-refractivity contribution in [1.29, 1.82) is 21.0 Å². The summed E-state index contributed by atoms with van der Waals surface area (Å²) in [6.07, 6.45) is 3.35. The zero-order valence-electron chi connectivity index (χ0n) is 64.1. The summed E-state index contributed by atoms with van der Waals surface area (Å²) in [6.45, 7) is -6.20. The van der Waals surface area contributed by atoms with Crippen LogP contribution in [-0.2, 0) is 19.2 Å². The standard InChI is InChI=1S/C20H17ClF3N7O.3C19H15ClF3N7O/c21-12-8-13-14(10-28-16(13)27-9-12)17-26-6-2-15(30-17)31(7-5-25)19(3-1-4-19)18(32)29-11-20(22,23)24;20-11-7-12-13(9-27-15(12)26-8-11)16-25-5-1-14(29-16)30(6-4-24)18(2-3-18)17(31)28-10-19(21,22)23;2*20-10-5-12-13(8-27-16(12)26-7-10)17-25-4-3-15(29-17)30-11(6-24)1-2-14(30)18(31)28-9-19(21,22)23/h2,6,8-10H,1,3-4,7,11H2,(H,27,28)(H,29,32);1,5,7-9H,2-3,6,10H2,(H,26,27)(H,28,31);2*3-5,7-8,11,14H,1-2,9H2,(H,26,27)(H,28,31)/t;;11-,14+;11-,14-/m..01/s1. The number of hydrogen-bond donors (Lipinski definition) is 8. The normalized spacial score (nSPS) is 16.9. The number of rotatable bonds is 20. The van der Waals surface area contributed by atoms with Crippen LogP contribution in [-0.4, -0.2) is 203 Å². The molecular formula is C77H62Cl4F12N28O4. The number of nitrogens with one attached hydrogen (secondary N) is 8. The van der Waals surface area contributed by atoms with Gasteiger partial charge in [0.2, 0.25) is 23.6 Å². The molecule has 2 saturated carbocycles. The Morgan fingerprint density at radius 2 is 0.720 bits per heavy atom. The molecule has 4 aliphatic rings. The van der Waals surface area contributed by atoms with Crippen LogP contribution in [0, 0.1) is 45.3 Å². The quantitative estimate of drug-likeness (QED) is 0.0259. The molecule has 0 radical (unpaired) electrons. The predicted molar refractivity (Wildman–Crippen MR) is 429 cm³/mol. The number of fused-ring (bicyclic) bond motifs is 4. The number of pyridine rings is 4. The van der Waals surface area contributed by atoms with E-state index in [9.17, 15) is 92.9 Å². The first kappa shape index (κ1) is 89.2. The number of anilines is 4. The number of H-pyrrole nitrogens is 4. The molecule has 8 N–H and O–H groups in total. The smallest absolute Gasteiger partial charge is 0.345 e. The Kier molecular flexibility index (Phi) is 26.3. The third kappa shape index (κ3) is 20.5. The summed E-state index contributed by atoms with van der Waals surface area (Å²) < 4.78 is 151. The van der Waals surface area contributed by atoms with Crippen LogP contribution in [0.5, 0.6) is 0 Å². The molecule has 12 aromatic heterocycles. The number of carbonyl (C=O) groups is 4. The topological polar surface area (TPSA) is 442 Å². The molecule has 48 heteroatoms. The molecule has 12 aromatic rings. The first-order chi connectivity index (χ1) is 59.5. The molecule has 125 heavy (non-hydrogen) atoms. The van der Waals surface area contributed by atoms with E-state index in [1.165, 1.54) is 93.4 Å². The number of amides is 4. The lowest BCUT2D eigenvalue weighted by Crippen LogP contribution is -2.64. The monoisotopic (exact) mass is 1810 g/mol. The number of hydrogen-bond acceptors (Lipinski definition) is 24. The summed E-state index contributed by atoms with van der Waals surface area (Å²) in [5, 5.41) is 49.8. The van der Waals surface area contributed by atoms with Crippen LogP contribution in [0.1, 0.15) is 57.8 Å². The third-order valence-electron chi connectivity index (χ3n) is 20.3. The zero-order valence-corrected chi connectivity index (χ0v) is 67.1. The van der Waals surface area contributed by atoms with E-state index < -0.39 is 110 Å². The van der Waals surface area contributed by atoms with Crippen molar-refractivity contribution in [2.24, 2.45) is 0 Å². The summed E-state index contributed by atoms with van der Waals surface area (Å²) in [4.78, 5) is 120. The van der Waals surface area contributed by atoms with Crippen LogP contribution in [0.3, 0.4) is 0 Å². The largest absolute Gasteiger partial charge is 0.405 e. The van der Waals surface area contributed by atoms with Gasteiger partial charge in [0.1, 0.15) is 120 Å². The Hall–Kier alpha value is -13.6. The molecule has 16 rings (SSSR count). The highest BCUT2D eigenvalue weighted by Gasteiger charge is 2.56. The average molecular weight is 1810 g/mol. The third-order valence-corrected chi connectivity index (χ3v) is 21.2. The fourth-order valence-corrected chi connectivity index (χ4v) is 15.0. The number of halogens is 16. The molecule has 4 atom stereocenters. The Balaban J connectivity index is 0.000000143. The van der Waals surface area contributed by atoms with Crippen LogP contribution >= 0.6 is 46.4 Å². The van der Waals surface area contributed by atoms with Crippen molar-refractivity contribution in [3.05, 3.63) is 143 Å². The maximum absolute atomic E-state index is 12.8. The van der Waals surface area contributed by atoms with Gasteiger partial charge in [-0.15, -0.1) is 0 Å². The summed E-state index contributed by atoms with van der Waals surface area (Å²) in [7, 11) is 0. The van der Waals surface area contributed by atoms with E-state index in [1.807, 2.05) is 33.4 Å². The lowest BCUT2D eigenvalue weighted by atomic mass is 9.74. The number of nitrogens with zero attached hydrogens (tertiary/aromatic N) is 20. The minimum atomic E-state index is -4.53. The first-order valence-corrected chi connectivity index (χ1v) is 38.9. The molecule has 2 aliphatic heterocycles. The van der Waals surface area contributed by atoms with Gasteiger partial charge < -0.3 is 60.8 Å². The molecule has 2 saturated heterocycles. The van der Waals surface area contributed by atoms with Gasteiger partial charge in [-0.05, 0) is 106 Å². The maximum atomic E-state index is 12.8. The van der Waals surface area contributed by atoms with Gasteiger partial charge in [0, 0.05) is 118 Å². The lowest BCUT2D eigenvalue weighted by Gasteiger charge is -2.48. The fourth-order valence-electron chi connectivity index (χ4n) is 14.4. The van der Waals surface area contributed by atoms with E-state index in [0.717, 1.165) is 0 Å². The zero-order chi connectivity index (χ0) is 89.5. The molecular weight excluding hydrogens is 1750 g/mol. The van der Waals surface area contributed by atoms with Gasteiger partial charge in [-0.25, -0.2) is 59.8 Å². The molecule has 4 fully saturated rings. The van der Waals surface area contributed by atoms with Crippen molar-refractivity contribution < 1.29 is 71.9 Å². The van der Waals surface area contributed by atoms with Gasteiger partial charge in [0.05, 0.1) is 44.4 Å². The van der Waals surface area contributed by atoms with E-state index in [4.69, 9.17) is 46.4 Å². The number of nitriles is 4. The van der Waals surface area contributed by atoms with Gasteiger partial charge in [-0.3, -0.25) is 19.2 Å². The minimum Gasteiger partial charge on any atom is -0.345 e. The average Bonchev–Trinajstić information content (AvgIpc) is 1.54. The van der Waals surface area contributed by atoms with Crippen molar-refractivity contribution in [3.8, 4) is 69.8 Å². The van der Waals surface area contributed by atoms with Crippen LogP contribution in [0.15, 0.2) is 123 Å². The van der Waals surface area contributed by atoms with E-state index >= 15 is 0 Å². The second-order valence-electron chi connectivity index (χ2n) is 28.4. The first-order valence-electron chi connectivity index (χ1n) is 37.4. The van der Waals surface area contributed by atoms with E-state index in [0.29, 0.717) is 155 Å². The van der Waals surface area contributed by atoms with Crippen molar-refractivity contribution in [3.63, 3.8) is 0 Å². The van der Waals surface area contributed by atoms with Crippen molar-refractivity contribution in [2.45, 2.75) is 118 Å². The summed E-state index contributed by atoms with van der Waals surface area (Å²) in [5.74, 6) is -0.932. The van der Waals surface area contributed by atoms with Crippen molar-refractivity contribution >= 4 is 137 Å². The highest BCUT2D eigenvalue weighted by Crippen LogP contribution is 2.46. The summed E-state index contributed by atoms with van der Waals surface area (Å²) >= 11 is 24.2. The SMILES string of the molecule is N#CCN(c1ccnc(-c2c[nH]c3ncc(Cl)cc23)n1)C1(C(=O)NCC(F)(F)F)CC1.N#CCN(c1ccnc(-c2c[nH]c3ncc(Cl)cc23)n1)C1(C(=O)NCC(F)(F)F)CCC1.N#C[C@@H]1CC[C@H](C(=O)NCC(F)(F)F)N1c1ccnc(-c2c[nH]c3ncc(Cl)cc23)n1.N#C[C@H]1CC[C@H](C(=O)NCC(F)(F)F)N1c1ccnc(-c2c[nH]c3ncc(Cl)cc23)n1. The highest BCUT2D eigenvalue weighted by atomic mass is 35.5. The van der Waals surface area contributed by atoms with Crippen LogP contribution in [0.25, 0.3) is 89.7 Å². The fraction of sp³-hybridized carbons (Fsp3) is 0.325. The minimum absolute atomic E-state index is 0.225. The Morgan fingerprint density at radius 1 is 0.424 bits per heavy atom. The molecule has 0 spiro atoms.